The van der Waals surface area contributed by atoms with Gasteiger partial charge in [-0.3, -0.25) is 9.55 Å². The Balaban J connectivity index is 1.33. The normalized spacial score (nSPS) is 12.5. The first-order valence-corrected chi connectivity index (χ1v) is 24.0. The van der Waals surface area contributed by atoms with Gasteiger partial charge in [0.05, 0.1) is 22.3 Å². The predicted molar refractivity (Wildman–Crippen MR) is 288 cm³/mol. The number of aromatic nitrogens is 3. The van der Waals surface area contributed by atoms with Crippen molar-refractivity contribution in [3.05, 3.63) is 192 Å². The second kappa shape index (κ2) is 17.2. The van der Waals surface area contributed by atoms with Gasteiger partial charge in [0, 0.05) is 28.6 Å². The summed E-state index contributed by atoms with van der Waals surface area (Å²) in [6.45, 7) is 26.8. The number of fused-ring (bicyclic) bond motifs is 1. The molecule has 4 heteroatoms. The minimum atomic E-state index is -0.329. The van der Waals surface area contributed by atoms with Crippen molar-refractivity contribution in [2.24, 2.45) is 0 Å². The van der Waals surface area contributed by atoms with Crippen LogP contribution in [0, 0.1) is 0 Å². The van der Waals surface area contributed by atoms with Crippen LogP contribution in [0.3, 0.4) is 0 Å². The zero-order valence-electron chi connectivity index (χ0n) is 42.0. The molecule has 2 heterocycles. The molecule has 0 aliphatic carbocycles. The second-order valence-corrected chi connectivity index (χ2v) is 22.7. The van der Waals surface area contributed by atoms with E-state index in [1.165, 1.54) is 11.1 Å². The topological polar surface area (TPSA) is 50.9 Å². The van der Waals surface area contributed by atoms with Crippen LogP contribution in [-0.4, -0.2) is 19.6 Å². The molecule has 1 N–H and O–H groups in total. The van der Waals surface area contributed by atoms with Crippen LogP contribution in [0.4, 0.5) is 0 Å². The molecule has 7 aromatic carbocycles. The van der Waals surface area contributed by atoms with Gasteiger partial charge in [0.25, 0.3) is 0 Å². The van der Waals surface area contributed by atoms with Crippen molar-refractivity contribution in [1.82, 2.24) is 14.5 Å². The number of rotatable bonds is 7. The first kappa shape index (κ1) is 46.1. The summed E-state index contributed by atoms with van der Waals surface area (Å²) >= 11 is 0. The molecule has 0 fully saturated rings. The van der Waals surface area contributed by atoms with Gasteiger partial charge in [-0.05, 0) is 132 Å². The maximum absolute atomic E-state index is 12.6. The van der Waals surface area contributed by atoms with Crippen molar-refractivity contribution in [1.29, 1.82) is 0 Å². The Morgan fingerprint density at radius 2 is 0.956 bits per heavy atom. The Morgan fingerprint density at radius 3 is 1.56 bits per heavy atom. The fraction of sp³-hybridized carbons (Fsp3) is 0.250. The van der Waals surface area contributed by atoms with E-state index in [1.54, 1.807) is 0 Å². The van der Waals surface area contributed by atoms with Crippen LogP contribution < -0.4 is 0 Å². The van der Waals surface area contributed by atoms with Crippen LogP contribution in [0.15, 0.2) is 170 Å². The molecule has 0 amide bonds. The lowest BCUT2D eigenvalue weighted by molar-refractivity contribution is 0.446. The molecule has 0 bridgehead atoms. The van der Waals surface area contributed by atoms with Gasteiger partial charge in [-0.15, -0.1) is 0 Å². The van der Waals surface area contributed by atoms with Gasteiger partial charge < -0.3 is 5.11 Å². The van der Waals surface area contributed by atoms with Gasteiger partial charge in [0.1, 0.15) is 11.6 Å². The highest BCUT2D eigenvalue weighted by molar-refractivity contribution is 5.98. The highest BCUT2D eigenvalue weighted by atomic mass is 16.3. The summed E-state index contributed by atoms with van der Waals surface area (Å²) in [5, 5.41) is 12.6. The minimum absolute atomic E-state index is 0.0729. The number of para-hydroxylation sites is 1. The number of imidazole rings is 1. The highest BCUT2D eigenvalue weighted by Crippen LogP contribution is 2.46. The van der Waals surface area contributed by atoms with Crippen molar-refractivity contribution < 1.29 is 5.11 Å². The van der Waals surface area contributed by atoms with Crippen molar-refractivity contribution in [3.63, 3.8) is 0 Å². The summed E-state index contributed by atoms with van der Waals surface area (Å²) in [5.41, 5.74) is 18.1. The zero-order valence-corrected chi connectivity index (χ0v) is 42.0. The van der Waals surface area contributed by atoms with Gasteiger partial charge in [-0.2, -0.15) is 0 Å². The molecule has 0 spiro atoms. The molecular weight excluding hydrogens is 827 g/mol. The van der Waals surface area contributed by atoms with Crippen molar-refractivity contribution in [2.75, 3.05) is 0 Å². The first-order chi connectivity index (χ1) is 32.1. The molecule has 342 valence electrons. The number of phenolic OH excluding ortho intramolecular Hbond substituents is 1. The number of pyridine rings is 1. The van der Waals surface area contributed by atoms with E-state index in [4.69, 9.17) is 9.97 Å². The Hall–Kier alpha value is -7.04. The molecule has 0 saturated heterocycles. The molecule has 68 heavy (non-hydrogen) atoms. The average molecular weight is 892 g/mol. The summed E-state index contributed by atoms with van der Waals surface area (Å²) in [5.74, 6) is 0.948. The monoisotopic (exact) mass is 892 g/mol. The lowest BCUT2D eigenvalue weighted by Crippen LogP contribution is -2.17. The number of nitrogens with zero attached hydrogens (tertiary/aromatic N) is 3. The van der Waals surface area contributed by atoms with Crippen molar-refractivity contribution in [3.8, 4) is 78.6 Å². The van der Waals surface area contributed by atoms with Crippen LogP contribution in [0.25, 0.3) is 83.9 Å². The lowest BCUT2D eigenvalue weighted by Gasteiger charge is -2.28. The Labute approximate surface area is 404 Å². The predicted octanol–water partition coefficient (Wildman–Crippen LogP) is 17.3. The first-order valence-electron chi connectivity index (χ1n) is 24.0. The molecule has 0 atom stereocenters. The molecule has 2 aromatic heterocycles. The molecule has 0 unspecified atom stereocenters. The number of aromatic hydroxyl groups is 1. The standard InChI is InChI=1S/C64H65N3O/c1-61(2,3)49-28-26-43(27-29-49)44-30-31-65-56(37-44)48-33-45(41-20-15-13-16-21-41)32-47(34-48)53-24-19-25-57-58(53)66-60(54-39-51(63(7,8)9)40-55(59(54)68)64(10,11)12)67(57)52-36-46(42-22-17-14-18-23-42)35-50(38-52)62(4,5)6/h13-40,68H,1-12H3. The van der Waals surface area contributed by atoms with E-state index < -0.39 is 0 Å². The summed E-state index contributed by atoms with van der Waals surface area (Å²) in [7, 11) is 0. The number of benzene rings is 7. The Kier molecular flexibility index (Phi) is 11.7. The van der Waals surface area contributed by atoms with Gasteiger partial charge in [-0.25, -0.2) is 4.98 Å². The molecule has 4 nitrogen and oxygen atoms in total. The van der Waals surface area contributed by atoms with Crippen LogP contribution in [0.1, 0.15) is 105 Å². The third kappa shape index (κ3) is 9.17. The zero-order chi connectivity index (χ0) is 48.3. The maximum Gasteiger partial charge on any atom is 0.149 e. The summed E-state index contributed by atoms with van der Waals surface area (Å²) in [6, 6.07) is 59.0. The van der Waals surface area contributed by atoms with Gasteiger partial charge in [0.2, 0.25) is 0 Å². The largest absolute Gasteiger partial charge is 0.507 e. The van der Waals surface area contributed by atoms with E-state index in [2.05, 4.69) is 251 Å². The summed E-state index contributed by atoms with van der Waals surface area (Å²) < 4.78 is 2.28. The van der Waals surface area contributed by atoms with Crippen molar-refractivity contribution in [2.45, 2.75) is 105 Å². The fourth-order valence-corrected chi connectivity index (χ4v) is 9.21. The van der Waals surface area contributed by atoms with Gasteiger partial charge in [-0.1, -0.05) is 192 Å². The van der Waals surface area contributed by atoms with Gasteiger partial charge >= 0.3 is 0 Å². The maximum atomic E-state index is 12.6. The molecular formula is C64H65N3O. The molecule has 0 aliphatic heterocycles. The SMILES string of the molecule is CC(C)(C)c1ccc(-c2ccnc(-c3cc(-c4ccccc4)cc(-c4cccc5c4nc(-c4cc(C(C)(C)C)cc(C(C)(C)C)c4O)n5-c4cc(-c5ccccc5)cc(C(C)(C)C)c4)c3)c2)cc1. The summed E-state index contributed by atoms with van der Waals surface area (Å²) in [6.07, 6.45) is 1.92. The fourth-order valence-electron chi connectivity index (χ4n) is 9.21. The van der Waals surface area contributed by atoms with E-state index in [0.717, 1.165) is 83.6 Å². The quantitative estimate of drug-likeness (QED) is 0.173. The molecule has 9 aromatic rings. The Morgan fingerprint density at radius 1 is 0.397 bits per heavy atom. The number of hydrogen-bond acceptors (Lipinski definition) is 3. The summed E-state index contributed by atoms with van der Waals surface area (Å²) in [4.78, 5) is 10.7. The van der Waals surface area contributed by atoms with E-state index >= 15 is 0 Å². The van der Waals surface area contributed by atoms with Gasteiger partial charge in [0.15, 0.2) is 0 Å². The second-order valence-electron chi connectivity index (χ2n) is 22.7. The molecule has 0 saturated carbocycles. The number of phenols is 1. The lowest BCUT2D eigenvalue weighted by atomic mass is 9.79. The van der Waals surface area contributed by atoms with Crippen LogP contribution in [0.5, 0.6) is 5.75 Å². The van der Waals surface area contributed by atoms with E-state index in [9.17, 15) is 5.11 Å². The smallest absolute Gasteiger partial charge is 0.149 e. The number of hydrogen-bond donors (Lipinski definition) is 1. The van der Waals surface area contributed by atoms with E-state index in [1.807, 2.05) is 6.20 Å². The van der Waals surface area contributed by atoms with Crippen LogP contribution in [0.2, 0.25) is 0 Å². The average Bonchev–Trinajstić information content (AvgIpc) is 3.70. The highest BCUT2D eigenvalue weighted by Gasteiger charge is 2.29. The molecule has 0 radical (unpaired) electrons. The van der Waals surface area contributed by atoms with Crippen LogP contribution in [-0.2, 0) is 21.7 Å². The van der Waals surface area contributed by atoms with Crippen LogP contribution >= 0.6 is 0 Å². The van der Waals surface area contributed by atoms with E-state index in [0.29, 0.717) is 11.4 Å². The Bertz CT molecular complexity index is 3290. The minimum Gasteiger partial charge on any atom is -0.507 e. The third-order valence-corrected chi connectivity index (χ3v) is 13.4. The molecule has 9 rings (SSSR count). The molecule has 0 aliphatic rings. The van der Waals surface area contributed by atoms with E-state index in [-0.39, 0.29) is 27.4 Å². The third-order valence-electron chi connectivity index (χ3n) is 13.4. The van der Waals surface area contributed by atoms with Crippen molar-refractivity contribution >= 4 is 11.0 Å².